The van der Waals surface area contributed by atoms with Crippen molar-refractivity contribution in [2.45, 2.75) is 31.1 Å². The first-order valence-corrected chi connectivity index (χ1v) is 7.94. The average molecular weight is 304 g/mol. The fourth-order valence-electron chi connectivity index (χ4n) is 1.76. The average Bonchev–Trinajstić information content (AvgIpc) is 2.88. The Morgan fingerprint density at radius 1 is 1.33 bits per heavy atom. The van der Waals surface area contributed by atoms with Gasteiger partial charge in [-0.2, -0.15) is 10.4 Å². The smallest absolute Gasteiger partial charge is 0.263 e. The molecule has 0 radical (unpaired) electrons. The standard InChI is InChI=1S/C14H16N4O2S/c1-10(2)13-9-14(17-16-13)18-21(19,20)12-5-3-11(4-6-12)7-8-15/h3-6,9-10H,7H2,1-2H3,(H2,16,17,18). The van der Waals surface area contributed by atoms with E-state index in [4.69, 9.17) is 5.26 Å². The summed E-state index contributed by atoms with van der Waals surface area (Å²) in [6.45, 7) is 3.97. The van der Waals surface area contributed by atoms with Gasteiger partial charge < -0.3 is 0 Å². The molecule has 1 heterocycles. The fraction of sp³-hybridized carbons (Fsp3) is 0.286. The number of sulfonamides is 1. The lowest BCUT2D eigenvalue weighted by molar-refractivity contribution is 0.601. The van der Waals surface area contributed by atoms with Gasteiger partial charge in [0.1, 0.15) is 0 Å². The van der Waals surface area contributed by atoms with Crippen molar-refractivity contribution < 1.29 is 8.42 Å². The highest BCUT2D eigenvalue weighted by atomic mass is 32.2. The Balaban J connectivity index is 2.19. The van der Waals surface area contributed by atoms with Crippen LogP contribution in [0.3, 0.4) is 0 Å². The summed E-state index contributed by atoms with van der Waals surface area (Å²) in [4.78, 5) is 0.137. The maximum absolute atomic E-state index is 12.2. The van der Waals surface area contributed by atoms with Crippen molar-refractivity contribution in [2.24, 2.45) is 0 Å². The molecule has 0 atom stereocenters. The first-order chi connectivity index (χ1) is 9.92. The fourth-order valence-corrected chi connectivity index (χ4v) is 2.75. The third-order valence-corrected chi connectivity index (χ3v) is 4.35. The number of H-pyrrole nitrogens is 1. The Bertz CT molecular complexity index is 755. The molecule has 2 aromatic rings. The Hall–Kier alpha value is -2.33. The minimum atomic E-state index is -3.67. The molecular formula is C14H16N4O2S. The molecule has 2 rings (SSSR count). The number of nitrogens with one attached hydrogen (secondary N) is 2. The van der Waals surface area contributed by atoms with Gasteiger partial charge in [0.25, 0.3) is 10.0 Å². The zero-order chi connectivity index (χ0) is 15.5. The van der Waals surface area contributed by atoms with Gasteiger partial charge in [-0.1, -0.05) is 26.0 Å². The number of hydrogen-bond acceptors (Lipinski definition) is 4. The van der Waals surface area contributed by atoms with Crippen molar-refractivity contribution in [3.05, 3.63) is 41.6 Å². The molecule has 0 bridgehead atoms. The molecular weight excluding hydrogens is 288 g/mol. The second-order valence-corrected chi connectivity index (χ2v) is 6.63. The van der Waals surface area contributed by atoms with Crippen LogP contribution in [0.4, 0.5) is 5.82 Å². The predicted molar refractivity (Wildman–Crippen MR) is 79.2 cm³/mol. The van der Waals surface area contributed by atoms with Gasteiger partial charge in [-0.3, -0.25) is 9.82 Å². The molecule has 0 aliphatic heterocycles. The summed E-state index contributed by atoms with van der Waals surface area (Å²) >= 11 is 0. The van der Waals surface area contributed by atoms with E-state index in [1.165, 1.54) is 12.1 Å². The van der Waals surface area contributed by atoms with E-state index in [1.54, 1.807) is 18.2 Å². The Kier molecular flexibility index (Phi) is 4.29. The van der Waals surface area contributed by atoms with Gasteiger partial charge in [-0.15, -0.1) is 0 Å². The van der Waals surface area contributed by atoms with Crippen molar-refractivity contribution in [2.75, 3.05) is 4.72 Å². The monoisotopic (exact) mass is 304 g/mol. The van der Waals surface area contributed by atoms with Crippen molar-refractivity contribution in [3.8, 4) is 6.07 Å². The highest BCUT2D eigenvalue weighted by Crippen LogP contribution is 2.19. The van der Waals surface area contributed by atoms with E-state index >= 15 is 0 Å². The van der Waals surface area contributed by atoms with Gasteiger partial charge in [-0.25, -0.2) is 8.42 Å². The van der Waals surface area contributed by atoms with Gasteiger partial charge in [0.15, 0.2) is 5.82 Å². The molecule has 0 saturated carbocycles. The summed E-state index contributed by atoms with van der Waals surface area (Å²) < 4.78 is 26.9. The quantitative estimate of drug-likeness (QED) is 0.886. The van der Waals surface area contributed by atoms with Crippen LogP contribution >= 0.6 is 0 Å². The molecule has 110 valence electrons. The van der Waals surface area contributed by atoms with Crippen molar-refractivity contribution in [1.29, 1.82) is 5.26 Å². The first-order valence-electron chi connectivity index (χ1n) is 6.46. The lowest BCUT2D eigenvalue weighted by atomic mass is 10.1. The number of hydrogen-bond donors (Lipinski definition) is 2. The maximum Gasteiger partial charge on any atom is 0.263 e. The molecule has 21 heavy (non-hydrogen) atoms. The zero-order valence-electron chi connectivity index (χ0n) is 11.8. The van der Waals surface area contributed by atoms with E-state index in [9.17, 15) is 8.42 Å². The summed E-state index contributed by atoms with van der Waals surface area (Å²) in [7, 11) is -3.67. The Morgan fingerprint density at radius 2 is 2.00 bits per heavy atom. The van der Waals surface area contributed by atoms with Crippen LogP contribution in [0, 0.1) is 11.3 Å². The minimum Gasteiger partial charge on any atom is -0.280 e. The van der Waals surface area contributed by atoms with Crippen LogP contribution in [0.5, 0.6) is 0 Å². The normalized spacial score (nSPS) is 11.3. The SMILES string of the molecule is CC(C)c1cc(NS(=O)(=O)c2ccc(CC#N)cc2)n[nH]1. The van der Waals surface area contributed by atoms with Crippen LogP contribution in [0.15, 0.2) is 35.2 Å². The highest BCUT2D eigenvalue weighted by molar-refractivity contribution is 7.92. The predicted octanol–water partition coefficient (Wildman–Crippen LogP) is 2.40. The number of anilines is 1. The summed E-state index contributed by atoms with van der Waals surface area (Å²) in [5, 5.41) is 15.3. The van der Waals surface area contributed by atoms with E-state index in [0.29, 0.717) is 0 Å². The van der Waals surface area contributed by atoms with Gasteiger partial charge in [0, 0.05) is 11.8 Å². The van der Waals surface area contributed by atoms with Gasteiger partial charge in [0.05, 0.1) is 17.4 Å². The number of nitrogens with zero attached hydrogens (tertiary/aromatic N) is 2. The number of rotatable bonds is 5. The largest absolute Gasteiger partial charge is 0.280 e. The number of aromatic nitrogens is 2. The van der Waals surface area contributed by atoms with Crippen LogP contribution < -0.4 is 4.72 Å². The molecule has 0 fully saturated rings. The molecule has 0 aliphatic carbocycles. The summed E-state index contributed by atoms with van der Waals surface area (Å²) in [6.07, 6.45) is 0.255. The second-order valence-electron chi connectivity index (χ2n) is 4.95. The number of aromatic amines is 1. The third kappa shape index (κ3) is 3.61. The highest BCUT2D eigenvalue weighted by Gasteiger charge is 2.16. The molecule has 0 amide bonds. The van der Waals surface area contributed by atoms with Crippen molar-refractivity contribution in [1.82, 2.24) is 10.2 Å². The lowest BCUT2D eigenvalue weighted by Gasteiger charge is -2.05. The molecule has 6 nitrogen and oxygen atoms in total. The Labute approximate surface area is 123 Å². The maximum atomic E-state index is 12.2. The van der Waals surface area contributed by atoms with Crippen LogP contribution in [-0.2, 0) is 16.4 Å². The van der Waals surface area contributed by atoms with Gasteiger partial charge >= 0.3 is 0 Å². The van der Waals surface area contributed by atoms with E-state index in [1.807, 2.05) is 19.9 Å². The van der Waals surface area contributed by atoms with Crippen LogP contribution in [0.1, 0.15) is 31.0 Å². The van der Waals surface area contributed by atoms with E-state index in [0.717, 1.165) is 11.3 Å². The van der Waals surface area contributed by atoms with Gasteiger partial charge in [0.2, 0.25) is 0 Å². The van der Waals surface area contributed by atoms with E-state index in [2.05, 4.69) is 14.9 Å². The number of nitriles is 1. The molecule has 0 aliphatic rings. The number of benzene rings is 1. The lowest BCUT2D eigenvalue weighted by Crippen LogP contribution is -2.13. The molecule has 1 aromatic heterocycles. The van der Waals surface area contributed by atoms with E-state index in [-0.39, 0.29) is 23.1 Å². The van der Waals surface area contributed by atoms with Crippen LogP contribution in [0.2, 0.25) is 0 Å². The molecule has 1 aromatic carbocycles. The van der Waals surface area contributed by atoms with Crippen LogP contribution in [-0.4, -0.2) is 18.6 Å². The topological polar surface area (TPSA) is 98.6 Å². The Morgan fingerprint density at radius 3 is 2.52 bits per heavy atom. The minimum absolute atomic E-state index is 0.137. The zero-order valence-corrected chi connectivity index (χ0v) is 12.6. The van der Waals surface area contributed by atoms with Crippen LogP contribution in [0.25, 0.3) is 0 Å². The van der Waals surface area contributed by atoms with Crippen molar-refractivity contribution >= 4 is 15.8 Å². The first kappa shape index (κ1) is 15.1. The summed E-state index contributed by atoms with van der Waals surface area (Å²) in [5.74, 6) is 0.501. The van der Waals surface area contributed by atoms with E-state index < -0.39 is 10.0 Å². The van der Waals surface area contributed by atoms with Gasteiger partial charge in [-0.05, 0) is 23.6 Å². The second kappa shape index (κ2) is 5.97. The molecule has 0 spiro atoms. The van der Waals surface area contributed by atoms with Crippen molar-refractivity contribution in [3.63, 3.8) is 0 Å². The molecule has 7 heteroatoms. The summed E-state index contributed by atoms with van der Waals surface area (Å²) in [5.41, 5.74) is 1.63. The molecule has 2 N–H and O–H groups in total. The molecule has 0 saturated heterocycles. The summed E-state index contributed by atoms with van der Waals surface area (Å²) in [6, 6.07) is 9.90. The third-order valence-electron chi connectivity index (χ3n) is 2.98. The molecule has 0 unspecified atom stereocenters.